The molecule has 0 aromatic heterocycles. The van der Waals surface area contributed by atoms with Crippen molar-refractivity contribution in [3.05, 3.63) is 29.6 Å². The van der Waals surface area contributed by atoms with Gasteiger partial charge in [-0.15, -0.1) is 0 Å². The Morgan fingerprint density at radius 2 is 2.00 bits per heavy atom. The molecule has 1 unspecified atom stereocenters. The van der Waals surface area contributed by atoms with E-state index in [1.807, 2.05) is 0 Å². The van der Waals surface area contributed by atoms with Gasteiger partial charge in [0.1, 0.15) is 11.6 Å². The third kappa shape index (κ3) is 2.16. The molecule has 0 spiro atoms. The third-order valence-electron chi connectivity index (χ3n) is 1.45. The zero-order valence-electron chi connectivity index (χ0n) is 6.44. The van der Waals surface area contributed by atoms with Gasteiger partial charge in [-0.2, -0.15) is 0 Å². The second-order valence-electron chi connectivity index (χ2n) is 2.48. The van der Waals surface area contributed by atoms with Crippen LogP contribution < -0.4 is 0 Å². The second-order valence-corrected chi connectivity index (χ2v) is 2.48. The lowest BCUT2D eigenvalue weighted by atomic mass is 10.1. The maximum Gasteiger partial charge on any atom is 0.337 e. The Labute approximate surface area is 72.9 Å². The first-order valence-electron chi connectivity index (χ1n) is 3.41. The van der Waals surface area contributed by atoms with Gasteiger partial charge in [0.25, 0.3) is 0 Å². The smallest absolute Gasteiger partial charge is 0.337 e. The largest absolute Gasteiger partial charge is 0.508 e. The van der Waals surface area contributed by atoms with Crippen molar-refractivity contribution < 1.29 is 24.5 Å². The first kappa shape index (κ1) is 9.47. The quantitative estimate of drug-likeness (QED) is 0.633. The summed E-state index contributed by atoms with van der Waals surface area (Å²) in [5.41, 5.74) is -0.190. The Hall–Kier alpha value is -1.62. The average molecular weight is 186 g/mol. The van der Waals surface area contributed by atoms with Crippen LogP contribution in [0.1, 0.15) is 11.7 Å². The molecule has 0 aliphatic rings. The molecular weight excluding hydrogens is 179 g/mol. The number of rotatable bonds is 2. The summed E-state index contributed by atoms with van der Waals surface area (Å²) in [5.74, 6) is -2.71. The minimum atomic E-state index is -1.82. The zero-order chi connectivity index (χ0) is 10.0. The summed E-state index contributed by atoms with van der Waals surface area (Å²) in [5, 5.41) is 26.2. The van der Waals surface area contributed by atoms with Gasteiger partial charge >= 0.3 is 5.97 Å². The van der Waals surface area contributed by atoms with Crippen LogP contribution in [0.25, 0.3) is 0 Å². The molecule has 0 radical (unpaired) electrons. The molecule has 0 amide bonds. The Bertz CT molecular complexity index is 317. The second kappa shape index (κ2) is 3.40. The summed E-state index contributed by atoms with van der Waals surface area (Å²) in [4.78, 5) is 10.3. The minimum Gasteiger partial charge on any atom is -0.508 e. The number of hydrogen-bond donors (Lipinski definition) is 3. The number of aromatic hydroxyl groups is 1. The molecule has 0 aliphatic carbocycles. The fourth-order valence-corrected chi connectivity index (χ4v) is 0.897. The van der Waals surface area contributed by atoms with Crippen LogP contribution >= 0.6 is 0 Å². The molecule has 0 saturated heterocycles. The fourth-order valence-electron chi connectivity index (χ4n) is 0.897. The van der Waals surface area contributed by atoms with Gasteiger partial charge in [0, 0.05) is 6.07 Å². The van der Waals surface area contributed by atoms with E-state index >= 15 is 0 Å². The summed E-state index contributed by atoms with van der Waals surface area (Å²) in [6.07, 6.45) is -1.82. The predicted octanol–water partition coefficient (Wildman–Crippen LogP) is 0.649. The molecule has 0 saturated carbocycles. The fraction of sp³-hybridized carbons (Fsp3) is 0.125. The third-order valence-corrected chi connectivity index (χ3v) is 1.45. The highest BCUT2D eigenvalue weighted by atomic mass is 19.1. The van der Waals surface area contributed by atoms with Crippen molar-refractivity contribution in [2.24, 2.45) is 0 Å². The summed E-state index contributed by atoms with van der Waals surface area (Å²) < 4.78 is 12.6. The molecule has 70 valence electrons. The van der Waals surface area contributed by atoms with E-state index in [-0.39, 0.29) is 5.56 Å². The van der Waals surface area contributed by atoms with Crippen LogP contribution in [0.3, 0.4) is 0 Å². The molecular formula is C8H7FO4. The standard InChI is InChI=1S/C8H7FO4/c9-5-1-4(2-6(10)3-5)7(11)8(12)13/h1-3,7,10-11H,(H,12,13). The molecule has 13 heavy (non-hydrogen) atoms. The number of benzene rings is 1. The number of phenols is 1. The molecule has 0 aliphatic heterocycles. The number of aliphatic hydroxyl groups excluding tert-OH is 1. The van der Waals surface area contributed by atoms with Crippen molar-refractivity contribution >= 4 is 5.97 Å². The van der Waals surface area contributed by atoms with Crippen LogP contribution in [0.2, 0.25) is 0 Å². The predicted molar refractivity (Wildman–Crippen MR) is 40.7 cm³/mol. The SMILES string of the molecule is O=C(O)C(O)c1cc(O)cc(F)c1. The maximum absolute atomic E-state index is 12.6. The van der Waals surface area contributed by atoms with Gasteiger partial charge in [0.15, 0.2) is 6.10 Å². The maximum atomic E-state index is 12.6. The summed E-state index contributed by atoms with van der Waals surface area (Å²) in [6, 6.07) is 2.65. The van der Waals surface area contributed by atoms with E-state index in [2.05, 4.69) is 0 Å². The number of carboxylic acids is 1. The van der Waals surface area contributed by atoms with E-state index in [0.717, 1.165) is 18.2 Å². The highest BCUT2D eigenvalue weighted by Gasteiger charge is 2.17. The molecule has 1 aromatic rings. The van der Waals surface area contributed by atoms with Gasteiger partial charge in [0.2, 0.25) is 0 Å². The summed E-state index contributed by atoms with van der Waals surface area (Å²) in [7, 11) is 0. The van der Waals surface area contributed by atoms with E-state index in [1.54, 1.807) is 0 Å². The first-order chi connectivity index (χ1) is 6.00. The number of carboxylic acid groups (broad SMARTS) is 1. The van der Waals surface area contributed by atoms with Crippen molar-refractivity contribution in [2.75, 3.05) is 0 Å². The molecule has 0 fully saturated rings. The zero-order valence-corrected chi connectivity index (χ0v) is 6.44. The lowest BCUT2D eigenvalue weighted by Crippen LogP contribution is -2.10. The minimum absolute atomic E-state index is 0.190. The molecule has 5 heteroatoms. The first-order valence-corrected chi connectivity index (χ1v) is 3.41. The molecule has 4 nitrogen and oxygen atoms in total. The number of carbonyl (C=O) groups is 1. The molecule has 1 atom stereocenters. The summed E-state index contributed by atoms with van der Waals surface area (Å²) in [6.45, 7) is 0. The molecule has 1 aromatic carbocycles. The van der Waals surface area contributed by atoms with Crippen LogP contribution in [-0.4, -0.2) is 21.3 Å². The molecule has 0 heterocycles. The Morgan fingerprint density at radius 3 is 2.46 bits per heavy atom. The van der Waals surface area contributed by atoms with Gasteiger partial charge in [-0.25, -0.2) is 9.18 Å². The highest BCUT2D eigenvalue weighted by molar-refractivity contribution is 5.74. The van der Waals surface area contributed by atoms with E-state index in [0.29, 0.717) is 0 Å². The summed E-state index contributed by atoms with van der Waals surface area (Å²) >= 11 is 0. The van der Waals surface area contributed by atoms with Crippen molar-refractivity contribution in [2.45, 2.75) is 6.10 Å². The van der Waals surface area contributed by atoms with Crippen LogP contribution in [0.15, 0.2) is 18.2 Å². The Balaban J connectivity index is 3.07. The van der Waals surface area contributed by atoms with E-state index < -0.39 is 23.6 Å². The number of hydrogen-bond acceptors (Lipinski definition) is 3. The topological polar surface area (TPSA) is 77.8 Å². The van der Waals surface area contributed by atoms with E-state index in [1.165, 1.54) is 0 Å². The van der Waals surface area contributed by atoms with Gasteiger partial charge in [-0.3, -0.25) is 0 Å². The van der Waals surface area contributed by atoms with Gasteiger partial charge in [0.05, 0.1) is 0 Å². The molecule has 0 bridgehead atoms. The van der Waals surface area contributed by atoms with Crippen molar-refractivity contribution in [3.63, 3.8) is 0 Å². The number of aliphatic hydroxyl groups is 1. The lowest BCUT2D eigenvalue weighted by molar-refractivity contribution is -0.146. The lowest BCUT2D eigenvalue weighted by Gasteiger charge is -2.05. The molecule has 1 rings (SSSR count). The van der Waals surface area contributed by atoms with Crippen molar-refractivity contribution in [3.8, 4) is 5.75 Å². The van der Waals surface area contributed by atoms with Crippen molar-refractivity contribution in [1.82, 2.24) is 0 Å². The van der Waals surface area contributed by atoms with Gasteiger partial charge in [-0.1, -0.05) is 0 Å². The number of aliphatic carboxylic acids is 1. The van der Waals surface area contributed by atoms with Crippen molar-refractivity contribution in [1.29, 1.82) is 0 Å². The van der Waals surface area contributed by atoms with Gasteiger partial charge < -0.3 is 15.3 Å². The molecule has 3 N–H and O–H groups in total. The average Bonchev–Trinajstić information content (AvgIpc) is 2.01. The normalized spacial score (nSPS) is 12.5. The monoisotopic (exact) mass is 186 g/mol. The van der Waals surface area contributed by atoms with E-state index in [4.69, 9.17) is 15.3 Å². The Morgan fingerprint density at radius 1 is 1.38 bits per heavy atom. The van der Waals surface area contributed by atoms with Crippen LogP contribution in [-0.2, 0) is 4.79 Å². The van der Waals surface area contributed by atoms with Crippen LogP contribution in [0.4, 0.5) is 4.39 Å². The number of phenolic OH excluding ortho intramolecular Hbond substituents is 1. The van der Waals surface area contributed by atoms with E-state index in [9.17, 15) is 9.18 Å². The van der Waals surface area contributed by atoms with Gasteiger partial charge in [-0.05, 0) is 17.7 Å². The van der Waals surface area contributed by atoms with Crippen LogP contribution in [0.5, 0.6) is 5.75 Å². The Kier molecular flexibility index (Phi) is 2.48. The number of halogens is 1. The highest BCUT2D eigenvalue weighted by Crippen LogP contribution is 2.20. The van der Waals surface area contributed by atoms with Crippen LogP contribution in [0, 0.1) is 5.82 Å².